The first-order valence-electron chi connectivity index (χ1n) is 8.13. The van der Waals surface area contributed by atoms with Gasteiger partial charge in [-0.05, 0) is 12.8 Å². The second kappa shape index (κ2) is 6.17. The van der Waals surface area contributed by atoms with Crippen LogP contribution in [-0.2, 0) is 14.3 Å². The van der Waals surface area contributed by atoms with Crippen molar-refractivity contribution in [3.8, 4) is 0 Å². The van der Waals surface area contributed by atoms with Gasteiger partial charge in [0, 0.05) is 18.3 Å². The first-order valence-corrected chi connectivity index (χ1v) is 8.13. The van der Waals surface area contributed by atoms with E-state index in [2.05, 4.69) is 0 Å². The Kier molecular flexibility index (Phi) is 4.63. The molecule has 0 unspecified atom stereocenters. The quantitative estimate of drug-likeness (QED) is 0.329. The molecule has 0 aromatic carbocycles. The zero-order valence-corrected chi connectivity index (χ0v) is 13.1. The molecular weight excluding hydrogens is 324 g/mol. The molecule has 0 aromatic heterocycles. The second-order valence-electron chi connectivity index (χ2n) is 7.12. The topological polar surface area (TPSA) is 157 Å². The van der Waals surface area contributed by atoms with Gasteiger partial charge in [-0.3, -0.25) is 4.79 Å². The molecule has 2 saturated heterocycles. The lowest BCUT2D eigenvalue weighted by Crippen LogP contribution is -2.64. The SMILES string of the molecule is O=C(O)[C@H]1C[C@@H](O)[C@H]2[C@@H](C1)O[C@@]1(C[C@H](O)[C@@H](CO)CO1)[C@]2(O)CO. The van der Waals surface area contributed by atoms with Crippen LogP contribution in [0.2, 0.25) is 0 Å². The minimum absolute atomic E-state index is 0.0555. The van der Waals surface area contributed by atoms with Crippen molar-refractivity contribution in [2.75, 3.05) is 19.8 Å². The molecule has 0 bridgehead atoms. The highest BCUT2D eigenvalue weighted by atomic mass is 16.7. The summed E-state index contributed by atoms with van der Waals surface area (Å²) in [6.45, 7) is -1.15. The number of carboxylic acids is 1. The molecule has 0 aromatic rings. The van der Waals surface area contributed by atoms with Crippen LogP contribution < -0.4 is 0 Å². The Labute approximate surface area is 138 Å². The van der Waals surface area contributed by atoms with Gasteiger partial charge in [0.2, 0.25) is 5.79 Å². The van der Waals surface area contributed by atoms with E-state index in [1.54, 1.807) is 0 Å². The van der Waals surface area contributed by atoms with Gasteiger partial charge in [0.05, 0.1) is 44.1 Å². The lowest BCUT2D eigenvalue weighted by Gasteiger charge is -2.47. The Morgan fingerprint density at radius 1 is 1.17 bits per heavy atom. The lowest BCUT2D eigenvalue weighted by molar-refractivity contribution is -0.335. The summed E-state index contributed by atoms with van der Waals surface area (Å²) in [6.07, 6.45) is -3.19. The molecule has 3 fully saturated rings. The number of hydrogen-bond donors (Lipinski definition) is 6. The molecule has 9 nitrogen and oxygen atoms in total. The van der Waals surface area contributed by atoms with Gasteiger partial charge in [-0.15, -0.1) is 0 Å². The van der Waals surface area contributed by atoms with Crippen molar-refractivity contribution in [2.45, 2.75) is 49.0 Å². The number of hydrogen-bond acceptors (Lipinski definition) is 8. The molecule has 3 aliphatic rings. The summed E-state index contributed by atoms with van der Waals surface area (Å²) >= 11 is 0. The fraction of sp³-hybridized carbons (Fsp3) is 0.933. The van der Waals surface area contributed by atoms with Gasteiger partial charge in [0.1, 0.15) is 5.60 Å². The van der Waals surface area contributed by atoms with Gasteiger partial charge < -0.3 is 40.1 Å². The zero-order chi connectivity index (χ0) is 17.7. The van der Waals surface area contributed by atoms with E-state index < -0.39 is 60.0 Å². The van der Waals surface area contributed by atoms with Gasteiger partial charge in [0.15, 0.2) is 0 Å². The molecule has 1 spiro atoms. The molecule has 8 atom stereocenters. The summed E-state index contributed by atoms with van der Waals surface area (Å²) in [6, 6.07) is 0. The monoisotopic (exact) mass is 348 g/mol. The maximum absolute atomic E-state index is 11.2. The van der Waals surface area contributed by atoms with Gasteiger partial charge in [0.25, 0.3) is 0 Å². The average Bonchev–Trinajstić information content (AvgIpc) is 2.77. The predicted octanol–water partition coefficient (Wildman–Crippen LogP) is -2.33. The number of carbonyl (C=O) groups is 1. The minimum Gasteiger partial charge on any atom is -0.481 e. The molecule has 2 heterocycles. The van der Waals surface area contributed by atoms with Crippen LogP contribution in [0.25, 0.3) is 0 Å². The van der Waals surface area contributed by atoms with Gasteiger partial charge in [-0.25, -0.2) is 0 Å². The number of ether oxygens (including phenoxy) is 2. The fourth-order valence-electron chi connectivity index (χ4n) is 4.40. The normalized spacial score (nSPS) is 51.5. The van der Waals surface area contributed by atoms with E-state index in [4.69, 9.17) is 9.47 Å². The van der Waals surface area contributed by atoms with Gasteiger partial charge in [-0.1, -0.05) is 0 Å². The summed E-state index contributed by atoms with van der Waals surface area (Å²) in [4.78, 5) is 11.2. The van der Waals surface area contributed by atoms with Crippen molar-refractivity contribution in [1.82, 2.24) is 0 Å². The summed E-state index contributed by atoms with van der Waals surface area (Å²) in [5, 5.41) is 59.9. The van der Waals surface area contributed by atoms with Crippen molar-refractivity contribution in [2.24, 2.45) is 17.8 Å². The number of aliphatic hydroxyl groups is 5. The molecule has 0 amide bonds. The Morgan fingerprint density at radius 2 is 1.88 bits per heavy atom. The molecule has 6 N–H and O–H groups in total. The highest BCUT2D eigenvalue weighted by molar-refractivity contribution is 5.70. The number of rotatable bonds is 3. The molecule has 1 aliphatic carbocycles. The number of fused-ring (bicyclic) bond motifs is 1. The van der Waals surface area contributed by atoms with Crippen LogP contribution in [-0.4, -0.2) is 86.1 Å². The van der Waals surface area contributed by atoms with E-state index in [0.717, 1.165) is 0 Å². The summed E-state index contributed by atoms with van der Waals surface area (Å²) in [7, 11) is 0. The van der Waals surface area contributed by atoms with Crippen molar-refractivity contribution < 1.29 is 44.9 Å². The highest BCUT2D eigenvalue weighted by Crippen LogP contribution is 2.54. The first-order chi connectivity index (χ1) is 11.3. The second-order valence-corrected chi connectivity index (χ2v) is 7.12. The van der Waals surface area contributed by atoms with E-state index in [1.807, 2.05) is 0 Å². The number of aliphatic carboxylic acids is 1. The Hall–Kier alpha value is -0.810. The Bertz CT molecular complexity index is 499. The third kappa shape index (κ3) is 2.47. The highest BCUT2D eigenvalue weighted by Gasteiger charge is 2.70. The van der Waals surface area contributed by atoms with Crippen LogP contribution in [0, 0.1) is 17.8 Å². The third-order valence-electron chi connectivity index (χ3n) is 5.79. The summed E-state index contributed by atoms with van der Waals surface area (Å²) in [5.41, 5.74) is -1.97. The van der Waals surface area contributed by atoms with Crippen molar-refractivity contribution in [1.29, 1.82) is 0 Å². The predicted molar refractivity (Wildman–Crippen MR) is 76.6 cm³/mol. The Balaban J connectivity index is 1.91. The van der Waals surface area contributed by atoms with Crippen LogP contribution >= 0.6 is 0 Å². The molecular formula is C15H24O9. The van der Waals surface area contributed by atoms with E-state index in [1.165, 1.54) is 0 Å². The maximum atomic E-state index is 11.2. The zero-order valence-electron chi connectivity index (χ0n) is 13.1. The van der Waals surface area contributed by atoms with Crippen molar-refractivity contribution >= 4 is 5.97 Å². The Morgan fingerprint density at radius 3 is 2.42 bits per heavy atom. The van der Waals surface area contributed by atoms with E-state index in [-0.39, 0.29) is 32.5 Å². The summed E-state index contributed by atoms with van der Waals surface area (Å²) < 4.78 is 11.4. The van der Waals surface area contributed by atoms with E-state index in [0.29, 0.717) is 0 Å². The standard InChI is InChI=1S/C15H24O9/c16-4-8-5-23-15(3-10(8)19)14(22,6-17)12-9(18)1-7(13(20)21)2-11(12)24-15/h7-12,16-19,22H,1-6H2,(H,20,21)/t7-,8-,9+,10-,11+,12-,14-,15-/m0/s1. The molecule has 9 heteroatoms. The molecule has 3 rings (SSSR count). The largest absolute Gasteiger partial charge is 0.481 e. The van der Waals surface area contributed by atoms with Crippen LogP contribution in [0.5, 0.6) is 0 Å². The van der Waals surface area contributed by atoms with Crippen LogP contribution in [0.4, 0.5) is 0 Å². The molecule has 2 aliphatic heterocycles. The third-order valence-corrected chi connectivity index (χ3v) is 5.79. The van der Waals surface area contributed by atoms with Gasteiger partial charge >= 0.3 is 5.97 Å². The van der Waals surface area contributed by atoms with Crippen molar-refractivity contribution in [3.05, 3.63) is 0 Å². The van der Waals surface area contributed by atoms with E-state index >= 15 is 0 Å². The van der Waals surface area contributed by atoms with Gasteiger partial charge in [-0.2, -0.15) is 0 Å². The summed E-state index contributed by atoms with van der Waals surface area (Å²) in [5.74, 6) is -5.08. The smallest absolute Gasteiger partial charge is 0.306 e. The maximum Gasteiger partial charge on any atom is 0.306 e. The molecule has 138 valence electrons. The molecule has 0 radical (unpaired) electrons. The van der Waals surface area contributed by atoms with Crippen LogP contribution in [0.3, 0.4) is 0 Å². The van der Waals surface area contributed by atoms with Crippen molar-refractivity contribution in [3.63, 3.8) is 0 Å². The fourth-order valence-corrected chi connectivity index (χ4v) is 4.40. The lowest BCUT2D eigenvalue weighted by atomic mass is 9.68. The number of aliphatic hydroxyl groups excluding tert-OH is 4. The molecule has 1 saturated carbocycles. The van der Waals surface area contributed by atoms with E-state index in [9.17, 15) is 35.4 Å². The average molecular weight is 348 g/mol. The number of carboxylic acid groups (broad SMARTS) is 1. The van der Waals surface area contributed by atoms with Crippen LogP contribution in [0.15, 0.2) is 0 Å². The minimum atomic E-state index is -1.97. The first kappa shape index (κ1) is 18.0. The van der Waals surface area contributed by atoms with Crippen LogP contribution in [0.1, 0.15) is 19.3 Å². The molecule has 24 heavy (non-hydrogen) atoms.